The van der Waals surface area contributed by atoms with Crippen molar-refractivity contribution in [2.75, 3.05) is 0 Å². The predicted octanol–water partition coefficient (Wildman–Crippen LogP) is 4.33. The van der Waals surface area contributed by atoms with Crippen LogP contribution in [0.1, 0.15) is 6.92 Å². The molecule has 0 saturated carbocycles. The van der Waals surface area contributed by atoms with Gasteiger partial charge >= 0.3 is 5.97 Å². The first-order valence-electron chi connectivity index (χ1n) is 4.08. The van der Waals surface area contributed by atoms with Crippen molar-refractivity contribution in [2.45, 2.75) is 6.92 Å². The second kappa shape index (κ2) is 7.86. The number of halogens is 3. The van der Waals surface area contributed by atoms with Crippen LogP contribution in [-0.2, 0) is 4.79 Å². The van der Waals surface area contributed by atoms with E-state index >= 15 is 0 Å². The molecule has 88 valence electrons. The van der Waals surface area contributed by atoms with E-state index in [4.69, 9.17) is 10.2 Å². The molecule has 0 bridgehead atoms. The van der Waals surface area contributed by atoms with Crippen molar-refractivity contribution in [3.8, 4) is 5.75 Å². The highest BCUT2D eigenvalue weighted by atomic mass is 79.9. The van der Waals surface area contributed by atoms with E-state index in [1.54, 1.807) is 19.1 Å². The fourth-order valence-corrected chi connectivity index (χ4v) is 1.94. The fourth-order valence-electron chi connectivity index (χ4n) is 0.658. The van der Waals surface area contributed by atoms with E-state index in [0.29, 0.717) is 4.47 Å². The van der Waals surface area contributed by atoms with Crippen LogP contribution in [0.5, 0.6) is 5.75 Å². The quantitative estimate of drug-likeness (QED) is 0.529. The molecule has 1 rings (SSSR count). The Morgan fingerprint density at radius 2 is 1.81 bits per heavy atom. The first-order chi connectivity index (χ1) is 7.40. The zero-order valence-electron chi connectivity index (χ0n) is 8.25. The van der Waals surface area contributed by atoms with E-state index in [9.17, 15) is 4.79 Å². The number of aromatic hydroxyl groups is 1. The molecular weight excluding hydrogens is 408 g/mol. The Hall–Kier alpha value is -0.330. The molecule has 0 saturated heterocycles. The first-order valence-corrected chi connectivity index (χ1v) is 6.46. The summed E-state index contributed by atoms with van der Waals surface area (Å²) < 4.78 is 2.41. The number of carboxylic acids is 1. The van der Waals surface area contributed by atoms with Crippen molar-refractivity contribution in [1.29, 1.82) is 0 Å². The van der Waals surface area contributed by atoms with Gasteiger partial charge in [-0.1, -0.05) is 6.08 Å². The molecule has 0 heterocycles. The Labute approximate surface area is 119 Å². The first kappa shape index (κ1) is 15.7. The van der Waals surface area contributed by atoms with Gasteiger partial charge < -0.3 is 10.2 Å². The maximum atomic E-state index is 9.51. The largest absolute Gasteiger partial charge is 0.507 e. The van der Waals surface area contributed by atoms with Crippen molar-refractivity contribution in [2.24, 2.45) is 0 Å². The van der Waals surface area contributed by atoms with E-state index in [2.05, 4.69) is 47.8 Å². The summed E-state index contributed by atoms with van der Waals surface area (Å²) in [5.41, 5.74) is 0. The minimum Gasteiger partial charge on any atom is -0.507 e. The van der Waals surface area contributed by atoms with Crippen LogP contribution in [0.3, 0.4) is 0 Å². The van der Waals surface area contributed by atoms with Crippen LogP contribution in [0, 0.1) is 0 Å². The lowest BCUT2D eigenvalue weighted by Gasteiger charge is -2.00. The number of hydrogen-bond donors (Lipinski definition) is 2. The van der Waals surface area contributed by atoms with Crippen LogP contribution in [0.2, 0.25) is 0 Å². The number of carbonyl (C=O) groups is 1. The maximum absolute atomic E-state index is 9.51. The van der Waals surface area contributed by atoms with Gasteiger partial charge in [-0.05, 0) is 66.8 Å². The second-order valence-electron chi connectivity index (χ2n) is 2.53. The van der Waals surface area contributed by atoms with Gasteiger partial charge in [0.1, 0.15) is 5.75 Å². The van der Waals surface area contributed by atoms with Crippen molar-refractivity contribution < 1.29 is 15.0 Å². The van der Waals surface area contributed by atoms with Crippen LogP contribution in [0.25, 0.3) is 0 Å². The third-order valence-electron chi connectivity index (χ3n) is 1.32. The number of phenolic OH excluding ortho intramolecular Hbond substituents is 1. The summed E-state index contributed by atoms with van der Waals surface area (Å²) in [6, 6.07) is 3.38. The molecule has 2 N–H and O–H groups in total. The number of rotatable bonds is 1. The van der Waals surface area contributed by atoms with Crippen LogP contribution < -0.4 is 0 Å². The average Bonchev–Trinajstić information content (AvgIpc) is 2.22. The van der Waals surface area contributed by atoms with Gasteiger partial charge in [0.2, 0.25) is 0 Å². The number of allylic oxidation sites excluding steroid dienone is 1. The number of hydrogen-bond acceptors (Lipinski definition) is 2. The van der Waals surface area contributed by atoms with Gasteiger partial charge in [-0.15, -0.1) is 0 Å². The second-order valence-corrected chi connectivity index (χ2v) is 4.97. The molecule has 0 fully saturated rings. The smallest absolute Gasteiger partial charge is 0.327 e. The number of carboxylic acid groups (broad SMARTS) is 1. The number of aliphatic carboxylic acids is 1. The van der Waals surface area contributed by atoms with Gasteiger partial charge in [-0.25, -0.2) is 4.79 Å². The molecule has 0 aliphatic heterocycles. The third-order valence-corrected chi connectivity index (χ3v) is 4.68. The Bertz CT molecular complexity index is 376. The Kier molecular flexibility index (Phi) is 7.70. The van der Waals surface area contributed by atoms with Gasteiger partial charge in [-0.3, -0.25) is 0 Å². The molecule has 16 heavy (non-hydrogen) atoms. The molecular formula is C10H9Br3O3. The molecule has 1 aromatic carbocycles. The van der Waals surface area contributed by atoms with Gasteiger partial charge in [0, 0.05) is 15.0 Å². The molecule has 0 spiro atoms. The zero-order valence-corrected chi connectivity index (χ0v) is 13.0. The van der Waals surface area contributed by atoms with Crippen molar-refractivity contribution in [3.63, 3.8) is 0 Å². The minimum atomic E-state index is -0.891. The van der Waals surface area contributed by atoms with Gasteiger partial charge in [0.05, 0.1) is 4.47 Å². The fraction of sp³-hybridized carbons (Fsp3) is 0.100. The highest BCUT2D eigenvalue weighted by Gasteiger charge is 2.04. The Morgan fingerprint density at radius 1 is 1.25 bits per heavy atom. The van der Waals surface area contributed by atoms with Crippen LogP contribution in [-0.4, -0.2) is 16.2 Å². The van der Waals surface area contributed by atoms with Gasteiger partial charge in [0.25, 0.3) is 0 Å². The molecule has 0 unspecified atom stereocenters. The summed E-state index contributed by atoms with van der Waals surface area (Å²) in [6.45, 7) is 1.66. The molecule has 6 heteroatoms. The highest BCUT2D eigenvalue weighted by molar-refractivity contribution is 9.14. The number of phenols is 1. The van der Waals surface area contributed by atoms with Crippen LogP contribution >= 0.6 is 47.8 Å². The van der Waals surface area contributed by atoms with E-state index in [1.165, 1.54) is 6.08 Å². The van der Waals surface area contributed by atoms with Crippen molar-refractivity contribution >= 4 is 53.8 Å². The summed E-state index contributed by atoms with van der Waals surface area (Å²) in [6.07, 6.45) is 2.56. The molecule has 0 aliphatic carbocycles. The minimum absolute atomic E-state index is 0.232. The van der Waals surface area contributed by atoms with Gasteiger partial charge in [0.15, 0.2) is 0 Å². The molecule has 3 nitrogen and oxygen atoms in total. The van der Waals surface area contributed by atoms with Crippen LogP contribution in [0.4, 0.5) is 0 Å². The lowest BCUT2D eigenvalue weighted by molar-refractivity contribution is -0.131. The number of benzene rings is 1. The molecule has 1 aromatic rings. The molecule has 0 aromatic heterocycles. The van der Waals surface area contributed by atoms with Gasteiger partial charge in [-0.2, -0.15) is 0 Å². The predicted molar refractivity (Wildman–Crippen MR) is 73.7 cm³/mol. The van der Waals surface area contributed by atoms with E-state index in [0.717, 1.165) is 15.0 Å². The molecule has 0 atom stereocenters. The molecule has 0 amide bonds. The van der Waals surface area contributed by atoms with E-state index < -0.39 is 5.97 Å². The normalized spacial score (nSPS) is 9.75. The molecule has 0 radical (unpaired) electrons. The third kappa shape index (κ3) is 5.67. The summed E-state index contributed by atoms with van der Waals surface area (Å²) in [4.78, 5) is 9.51. The summed E-state index contributed by atoms with van der Waals surface area (Å²) in [5.74, 6) is -0.660. The topological polar surface area (TPSA) is 57.5 Å². The Balaban J connectivity index is 0.000000325. The summed E-state index contributed by atoms with van der Waals surface area (Å²) >= 11 is 9.77. The summed E-state index contributed by atoms with van der Waals surface area (Å²) in [7, 11) is 0. The van der Waals surface area contributed by atoms with Crippen molar-refractivity contribution in [3.05, 3.63) is 37.7 Å². The summed E-state index contributed by atoms with van der Waals surface area (Å²) in [5, 5.41) is 17.0. The Morgan fingerprint density at radius 3 is 2.12 bits per heavy atom. The lowest BCUT2D eigenvalue weighted by atomic mass is 10.3. The van der Waals surface area contributed by atoms with Crippen molar-refractivity contribution in [1.82, 2.24) is 0 Å². The highest BCUT2D eigenvalue weighted by Crippen LogP contribution is 2.36. The average molecular weight is 417 g/mol. The molecule has 0 aliphatic rings. The maximum Gasteiger partial charge on any atom is 0.327 e. The lowest BCUT2D eigenvalue weighted by Crippen LogP contribution is -1.83. The monoisotopic (exact) mass is 414 g/mol. The van der Waals surface area contributed by atoms with E-state index in [-0.39, 0.29) is 5.75 Å². The van der Waals surface area contributed by atoms with Crippen LogP contribution in [0.15, 0.2) is 37.7 Å². The van der Waals surface area contributed by atoms with E-state index in [1.807, 2.05) is 0 Å². The standard InChI is InChI=1S/C6H3Br3O.C4H6O2/c7-3-1-2-4(10)6(9)5(3)8;1-2-3-4(5)6/h1-2,10H;2-3H,1H3,(H,5,6). The zero-order chi connectivity index (χ0) is 12.7. The SMILES string of the molecule is CC=CC(=O)O.Oc1ccc(Br)c(Br)c1Br.